The van der Waals surface area contributed by atoms with Crippen LogP contribution in [0.5, 0.6) is 0 Å². The summed E-state index contributed by atoms with van der Waals surface area (Å²) in [6.07, 6.45) is 5.75. The van der Waals surface area contributed by atoms with E-state index in [4.69, 9.17) is 0 Å². The zero-order chi connectivity index (χ0) is 16.0. The van der Waals surface area contributed by atoms with Crippen molar-refractivity contribution >= 4 is 24.3 Å². The molecule has 3 N–H and O–H groups in total. The van der Waals surface area contributed by atoms with E-state index in [1.165, 1.54) is 6.42 Å². The molecule has 1 heterocycles. The van der Waals surface area contributed by atoms with Crippen molar-refractivity contribution in [1.82, 2.24) is 20.9 Å². The van der Waals surface area contributed by atoms with Crippen LogP contribution >= 0.6 is 12.4 Å². The molecule has 2 rings (SSSR count). The van der Waals surface area contributed by atoms with Crippen LogP contribution in [0.3, 0.4) is 0 Å². The molecule has 0 radical (unpaired) electrons. The van der Waals surface area contributed by atoms with Gasteiger partial charge < -0.3 is 20.9 Å². The molecule has 1 atom stereocenters. The Bertz CT molecular complexity index is 398. The molecular weight excluding hydrogens is 316 g/mol. The van der Waals surface area contributed by atoms with Crippen molar-refractivity contribution in [3.05, 3.63) is 0 Å². The average Bonchev–Trinajstić information content (AvgIpc) is 2.97. The van der Waals surface area contributed by atoms with Gasteiger partial charge in [-0.15, -0.1) is 12.4 Å². The molecule has 1 saturated carbocycles. The molecule has 3 amide bonds. The van der Waals surface area contributed by atoms with Gasteiger partial charge in [0.15, 0.2) is 0 Å². The smallest absolute Gasteiger partial charge is 0.315 e. The molecule has 1 saturated heterocycles. The lowest BCUT2D eigenvalue weighted by molar-refractivity contribution is -0.139. The van der Waals surface area contributed by atoms with Crippen molar-refractivity contribution in [3.8, 4) is 0 Å². The van der Waals surface area contributed by atoms with Gasteiger partial charge in [-0.3, -0.25) is 4.79 Å². The number of hydrogen-bond donors (Lipinski definition) is 3. The molecule has 0 aromatic carbocycles. The van der Waals surface area contributed by atoms with E-state index in [-0.39, 0.29) is 24.3 Å². The predicted molar refractivity (Wildman–Crippen MR) is 93.9 cm³/mol. The van der Waals surface area contributed by atoms with Crippen LogP contribution in [0.4, 0.5) is 4.79 Å². The number of hydrogen-bond acceptors (Lipinski definition) is 3. The first-order valence-corrected chi connectivity index (χ1v) is 8.61. The Morgan fingerprint density at radius 1 is 1.22 bits per heavy atom. The highest BCUT2D eigenvalue weighted by Crippen LogP contribution is 2.32. The fourth-order valence-electron chi connectivity index (χ4n) is 3.80. The second kappa shape index (κ2) is 9.33. The lowest BCUT2D eigenvalue weighted by Gasteiger charge is -2.39. The second-order valence-corrected chi connectivity index (χ2v) is 6.59. The minimum atomic E-state index is -0.680. The highest BCUT2D eigenvalue weighted by Gasteiger charge is 2.45. The van der Waals surface area contributed by atoms with Crippen molar-refractivity contribution in [2.24, 2.45) is 5.92 Å². The normalized spacial score (nSPS) is 23.0. The van der Waals surface area contributed by atoms with E-state index in [2.05, 4.69) is 16.0 Å². The first kappa shape index (κ1) is 20.0. The highest BCUT2D eigenvalue weighted by molar-refractivity contribution is 5.91. The topological polar surface area (TPSA) is 73.5 Å². The predicted octanol–water partition coefficient (Wildman–Crippen LogP) is 1.50. The number of amides is 3. The minimum Gasteiger partial charge on any atom is -0.340 e. The maximum Gasteiger partial charge on any atom is 0.315 e. The maximum absolute atomic E-state index is 13.1. The molecular formula is C16H31ClN4O2. The fraction of sp³-hybridized carbons (Fsp3) is 0.875. The third kappa shape index (κ3) is 4.98. The van der Waals surface area contributed by atoms with E-state index in [0.717, 1.165) is 51.7 Å². The summed E-state index contributed by atoms with van der Waals surface area (Å²) in [5.41, 5.74) is -0.680. The van der Waals surface area contributed by atoms with E-state index in [1.807, 2.05) is 18.9 Å². The molecule has 0 spiro atoms. The van der Waals surface area contributed by atoms with Crippen LogP contribution in [0.1, 0.15) is 45.4 Å². The largest absolute Gasteiger partial charge is 0.340 e. The van der Waals surface area contributed by atoms with Gasteiger partial charge in [0, 0.05) is 19.6 Å². The maximum atomic E-state index is 13.1. The number of carbonyl (C=O) groups is 2. The second-order valence-electron chi connectivity index (χ2n) is 6.59. The Balaban J connectivity index is 0.00000264. The molecule has 1 aliphatic heterocycles. The lowest BCUT2D eigenvalue weighted by Crippen LogP contribution is -2.61. The third-order valence-electron chi connectivity index (χ3n) is 4.86. The van der Waals surface area contributed by atoms with Crippen molar-refractivity contribution in [1.29, 1.82) is 0 Å². The third-order valence-corrected chi connectivity index (χ3v) is 4.86. The van der Waals surface area contributed by atoms with Gasteiger partial charge in [-0.25, -0.2) is 4.79 Å². The Morgan fingerprint density at radius 3 is 2.52 bits per heavy atom. The average molecular weight is 347 g/mol. The molecule has 2 aliphatic rings. The first-order valence-electron chi connectivity index (χ1n) is 8.61. The molecule has 134 valence electrons. The van der Waals surface area contributed by atoms with E-state index < -0.39 is 5.54 Å². The van der Waals surface area contributed by atoms with Crippen LogP contribution in [0.15, 0.2) is 0 Å². The summed E-state index contributed by atoms with van der Waals surface area (Å²) in [6, 6.07) is -0.221. The summed E-state index contributed by atoms with van der Waals surface area (Å²) in [5, 5.41) is 8.94. The van der Waals surface area contributed by atoms with Crippen molar-refractivity contribution in [3.63, 3.8) is 0 Å². The monoisotopic (exact) mass is 346 g/mol. The lowest BCUT2D eigenvalue weighted by atomic mass is 9.91. The van der Waals surface area contributed by atoms with Crippen molar-refractivity contribution in [2.75, 3.05) is 33.2 Å². The van der Waals surface area contributed by atoms with Crippen molar-refractivity contribution in [2.45, 2.75) is 51.0 Å². The van der Waals surface area contributed by atoms with Crippen molar-refractivity contribution < 1.29 is 9.59 Å². The number of nitrogens with one attached hydrogen (secondary N) is 3. The van der Waals surface area contributed by atoms with Crippen LogP contribution in [0.2, 0.25) is 0 Å². The van der Waals surface area contributed by atoms with Gasteiger partial charge >= 0.3 is 6.03 Å². The number of halogens is 1. The van der Waals surface area contributed by atoms with Crippen LogP contribution in [-0.4, -0.2) is 55.6 Å². The Morgan fingerprint density at radius 2 is 1.91 bits per heavy atom. The molecule has 23 heavy (non-hydrogen) atoms. The van der Waals surface area contributed by atoms with E-state index in [1.54, 1.807) is 0 Å². The molecule has 0 bridgehead atoms. The summed E-state index contributed by atoms with van der Waals surface area (Å²) in [6.45, 7) is 5.02. The van der Waals surface area contributed by atoms with Gasteiger partial charge in [0.1, 0.15) is 5.54 Å². The first-order chi connectivity index (χ1) is 10.6. The van der Waals surface area contributed by atoms with E-state index in [9.17, 15) is 9.59 Å². The Kier molecular flexibility index (Phi) is 8.12. The van der Waals surface area contributed by atoms with Gasteiger partial charge in [-0.2, -0.15) is 0 Å². The van der Waals surface area contributed by atoms with Crippen LogP contribution in [0, 0.1) is 5.92 Å². The van der Waals surface area contributed by atoms with Gasteiger partial charge in [-0.05, 0) is 52.1 Å². The number of nitrogens with zero attached hydrogens (tertiary/aromatic N) is 1. The standard InChI is InChI=1S/C16H30N4O2.ClH/c1-3-18-15(22)19-16(8-4-5-9-16)14(21)20-10-6-7-13(12-20)11-17-2;/h13,17H,3-12H2,1-2H3,(H2,18,19,22);1H. The molecule has 1 aliphatic carbocycles. The van der Waals surface area contributed by atoms with E-state index in [0.29, 0.717) is 12.5 Å². The zero-order valence-electron chi connectivity index (χ0n) is 14.3. The summed E-state index contributed by atoms with van der Waals surface area (Å²) in [7, 11) is 1.95. The van der Waals surface area contributed by atoms with Gasteiger partial charge in [0.05, 0.1) is 0 Å². The fourth-order valence-corrected chi connectivity index (χ4v) is 3.80. The van der Waals surface area contributed by atoms with Crippen LogP contribution in [0.25, 0.3) is 0 Å². The highest BCUT2D eigenvalue weighted by atomic mass is 35.5. The quantitative estimate of drug-likeness (QED) is 0.706. The van der Waals surface area contributed by atoms with E-state index >= 15 is 0 Å². The summed E-state index contributed by atoms with van der Waals surface area (Å²) < 4.78 is 0. The molecule has 0 aromatic rings. The summed E-state index contributed by atoms with van der Waals surface area (Å²) >= 11 is 0. The van der Waals surface area contributed by atoms with Crippen LogP contribution < -0.4 is 16.0 Å². The van der Waals surface area contributed by atoms with Gasteiger partial charge in [0.2, 0.25) is 5.91 Å². The van der Waals surface area contributed by atoms with Gasteiger partial charge in [-0.1, -0.05) is 12.8 Å². The molecule has 2 fully saturated rings. The minimum absolute atomic E-state index is 0. The Hall–Kier alpha value is -1.01. The zero-order valence-corrected chi connectivity index (χ0v) is 15.1. The Labute approximate surface area is 145 Å². The molecule has 7 heteroatoms. The molecule has 1 unspecified atom stereocenters. The summed E-state index contributed by atoms with van der Waals surface area (Å²) in [4.78, 5) is 27.0. The molecule has 6 nitrogen and oxygen atoms in total. The number of likely N-dealkylation sites (tertiary alicyclic amines) is 1. The number of urea groups is 1. The number of rotatable bonds is 5. The molecule has 0 aromatic heterocycles. The van der Waals surface area contributed by atoms with Crippen LogP contribution in [-0.2, 0) is 4.79 Å². The number of carbonyl (C=O) groups excluding carboxylic acids is 2. The SMILES string of the molecule is CCNC(=O)NC1(C(=O)N2CCCC(CNC)C2)CCCC1.Cl. The number of piperidine rings is 1. The summed E-state index contributed by atoms with van der Waals surface area (Å²) in [5.74, 6) is 0.641. The van der Waals surface area contributed by atoms with Gasteiger partial charge in [0.25, 0.3) is 0 Å².